The summed E-state index contributed by atoms with van der Waals surface area (Å²) >= 11 is 0. The van der Waals surface area contributed by atoms with Gasteiger partial charge in [0.15, 0.2) is 5.69 Å². The van der Waals surface area contributed by atoms with E-state index in [1.54, 1.807) is 24.5 Å². The Balaban J connectivity index is 1.17. The first-order valence-electron chi connectivity index (χ1n) is 11.2. The highest BCUT2D eigenvalue weighted by Crippen LogP contribution is 2.38. The first-order valence-corrected chi connectivity index (χ1v) is 11.2. The number of pyridine rings is 1. The van der Waals surface area contributed by atoms with Crippen molar-refractivity contribution < 1.29 is 14.3 Å². The van der Waals surface area contributed by atoms with E-state index in [0.717, 1.165) is 36.6 Å². The molecule has 2 N–H and O–H groups in total. The number of benzene rings is 1. The molecule has 0 saturated carbocycles. The molecule has 1 aromatic carbocycles. The van der Waals surface area contributed by atoms with Crippen molar-refractivity contribution in [3.8, 4) is 0 Å². The summed E-state index contributed by atoms with van der Waals surface area (Å²) in [6.07, 6.45) is 6.68. The zero-order valence-corrected chi connectivity index (χ0v) is 17.9. The molecule has 3 aromatic rings. The average Bonchev–Trinajstić information content (AvgIpc) is 3.27. The minimum atomic E-state index is -0.214. The number of ether oxygens (including phenoxy) is 1. The highest BCUT2D eigenvalue weighted by molar-refractivity contribution is 6.04. The number of rotatable bonds is 4. The van der Waals surface area contributed by atoms with Crippen LogP contribution in [0.5, 0.6) is 0 Å². The number of aromatic nitrogens is 3. The zero-order valence-electron chi connectivity index (χ0n) is 17.9. The van der Waals surface area contributed by atoms with Gasteiger partial charge in [0.05, 0.1) is 11.1 Å². The Morgan fingerprint density at radius 1 is 1.16 bits per heavy atom. The highest BCUT2D eigenvalue weighted by atomic mass is 16.5. The number of piperidine rings is 1. The van der Waals surface area contributed by atoms with Gasteiger partial charge in [0.1, 0.15) is 0 Å². The molecule has 2 aliphatic rings. The lowest BCUT2D eigenvalue weighted by atomic mass is 9.79. The molecular formula is C24H27N5O3. The van der Waals surface area contributed by atoms with E-state index in [0.29, 0.717) is 43.4 Å². The van der Waals surface area contributed by atoms with Gasteiger partial charge in [-0.3, -0.25) is 19.7 Å². The molecule has 2 aromatic heterocycles. The highest BCUT2D eigenvalue weighted by Gasteiger charge is 2.41. The molecule has 2 saturated heterocycles. The van der Waals surface area contributed by atoms with Gasteiger partial charge in [0.25, 0.3) is 11.8 Å². The smallest absolute Gasteiger partial charge is 0.274 e. The van der Waals surface area contributed by atoms with Crippen molar-refractivity contribution in [1.29, 1.82) is 0 Å². The summed E-state index contributed by atoms with van der Waals surface area (Å²) in [5.41, 5.74) is 1.77. The van der Waals surface area contributed by atoms with E-state index in [1.807, 2.05) is 29.2 Å². The van der Waals surface area contributed by atoms with Crippen LogP contribution in [0.25, 0.3) is 10.9 Å². The van der Waals surface area contributed by atoms with Crippen LogP contribution in [0, 0.1) is 5.92 Å². The van der Waals surface area contributed by atoms with Crippen LogP contribution in [0.3, 0.4) is 0 Å². The van der Waals surface area contributed by atoms with Crippen LogP contribution in [-0.2, 0) is 4.74 Å². The molecule has 2 aliphatic heterocycles. The summed E-state index contributed by atoms with van der Waals surface area (Å²) < 4.78 is 6.24. The van der Waals surface area contributed by atoms with Gasteiger partial charge in [-0.25, -0.2) is 0 Å². The fourth-order valence-electron chi connectivity index (χ4n) is 4.89. The van der Waals surface area contributed by atoms with Gasteiger partial charge >= 0.3 is 0 Å². The summed E-state index contributed by atoms with van der Waals surface area (Å²) in [6, 6.07) is 11.1. The number of aromatic amines is 1. The molecule has 8 nitrogen and oxygen atoms in total. The molecule has 166 valence electrons. The van der Waals surface area contributed by atoms with Crippen molar-refractivity contribution in [3.05, 3.63) is 60.0 Å². The molecule has 0 aliphatic carbocycles. The summed E-state index contributed by atoms with van der Waals surface area (Å²) in [4.78, 5) is 31.3. The largest absolute Gasteiger partial charge is 0.375 e. The van der Waals surface area contributed by atoms with E-state index in [-0.39, 0.29) is 17.4 Å². The van der Waals surface area contributed by atoms with Crippen molar-refractivity contribution in [2.45, 2.75) is 31.3 Å². The number of nitrogens with one attached hydrogen (secondary N) is 2. The number of fused-ring (bicyclic) bond motifs is 1. The van der Waals surface area contributed by atoms with Crippen LogP contribution in [0.1, 0.15) is 46.5 Å². The molecule has 5 rings (SSSR count). The van der Waals surface area contributed by atoms with E-state index in [1.165, 1.54) is 0 Å². The minimum absolute atomic E-state index is 0.0331. The molecule has 8 heteroatoms. The number of carbonyl (C=O) groups is 2. The third-order valence-electron chi connectivity index (χ3n) is 6.72. The number of hydrogen-bond acceptors (Lipinski definition) is 5. The van der Waals surface area contributed by atoms with E-state index < -0.39 is 0 Å². The van der Waals surface area contributed by atoms with Crippen LogP contribution >= 0.6 is 0 Å². The third kappa shape index (κ3) is 4.10. The summed E-state index contributed by atoms with van der Waals surface area (Å²) in [5.74, 6) is 0.265. The molecule has 0 radical (unpaired) electrons. The molecular weight excluding hydrogens is 406 g/mol. The molecule has 2 fully saturated rings. The molecule has 2 amide bonds. The second kappa shape index (κ2) is 8.70. The topological polar surface area (TPSA) is 100 Å². The van der Waals surface area contributed by atoms with Gasteiger partial charge < -0.3 is 15.0 Å². The monoisotopic (exact) mass is 433 g/mol. The van der Waals surface area contributed by atoms with E-state index in [9.17, 15) is 9.59 Å². The maximum Gasteiger partial charge on any atom is 0.274 e. The average molecular weight is 434 g/mol. The van der Waals surface area contributed by atoms with Crippen LogP contribution in [0.2, 0.25) is 0 Å². The van der Waals surface area contributed by atoms with Gasteiger partial charge in [-0.1, -0.05) is 18.2 Å². The number of likely N-dealkylation sites (tertiary alicyclic amines) is 1. The van der Waals surface area contributed by atoms with Crippen LogP contribution in [-0.4, -0.2) is 63.7 Å². The third-order valence-corrected chi connectivity index (χ3v) is 6.72. The Morgan fingerprint density at radius 3 is 2.75 bits per heavy atom. The fraction of sp³-hybridized carbons (Fsp3) is 0.417. The SMILES string of the molecule is O=C(NCC1CCOC2(CCN(C(=O)c3n[nH]c4ccccc34)CC2)C1)c1ccncc1. The maximum absolute atomic E-state index is 13.1. The predicted molar refractivity (Wildman–Crippen MR) is 119 cm³/mol. The lowest BCUT2D eigenvalue weighted by Gasteiger charge is -2.46. The number of H-pyrrole nitrogens is 1. The van der Waals surface area contributed by atoms with E-state index in [4.69, 9.17) is 4.74 Å². The molecule has 1 spiro atoms. The molecule has 0 bridgehead atoms. The number of para-hydroxylation sites is 1. The van der Waals surface area contributed by atoms with Gasteiger partial charge in [-0.2, -0.15) is 5.10 Å². The number of amides is 2. The Bertz CT molecular complexity index is 1110. The van der Waals surface area contributed by atoms with Gasteiger partial charge in [-0.05, 0) is 49.8 Å². The molecule has 32 heavy (non-hydrogen) atoms. The Morgan fingerprint density at radius 2 is 1.94 bits per heavy atom. The lowest BCUT2D eigenvalue weighted by molar-refractivity contribution is -0.122. The second-order valence-electron chi connectivity index (χ2n) is 8.75. The van der Waals surface area contributed by atoms with Crippen LogP contribution in [0.15, 0.2) is 48.8 Å². The van der Waals surface area contributed by atoms with Crippen molar-refractivity contribution in [1.82, 2.24) is 25.4 Å². The standard InChI is InChI=1S/C24H27N5O3/c30-22(18-5-10-25-11-6-18)26-16-17-7-14-32-24(15-17)8-12-29(13-9-24)23(31)21-19-3-1-2-4-20(19)27-28-21/h1-6,10-11,17H,7-9,12-16H2,(H,26,30)(H,27,28). The summed E-state index contributed by atoms with van der Waals surface area (Å²) in [6.45, 7) is 2.62. The van der Waals surface area contributed by atoms with Crippen LogP contribution in [0.4, 0.5) is 0 Å². The molecule has 4 heterocycles. The van der Waals surface area contributed by atoms with Crippen molar-refractivity contribution in [2.75, 3.05) is 26.2 Å². The minimum Gasteiger partial charge on any atom is -0.375 e. The maximum atomic E-state index is 13.1. The Labute approximate surface area is 186 Å². The lowest BCUT2D eigenvalue weighted by Crippen LogP contribution is -2.51. The van der Waals surface area contributed by atoms with Crippen LogP contribution < -0.4 is 5.32 Å². The Hall–Kier alpha value is -3.26. The molecule has 1 unspecified atom stereocenters. The Kier molecular flexibility index (Phi) is 5.61. The van der Waals surface area contributed by atoms with Gasteiger partial charge in [-0.15, -0.1) is 0 Å². The first kappa shape index (κ1) is 20.6. The predicted octanol–water partition coefficient (Wildman–Crippen LogP) is 2.79. The number of hydrogen-bond donors (Lipinski definition) is 2. The number of carbonyl (C=O) groups excluding carboxylic acids is 2. The second-order valence-corrected chi connectivity index (χ2v) is 8.75. The molecule has 1 atom stereocenters. The zero-order chi connectivity index (χ0) is 22.0. The van der Waals surface area contributed by atoms with E-state index >= 15 is 0 Å². The van der Waals surface area contributed by atoms with Crippen molar-refractivity contribution in [3.63, 3.8) is 0 Å². The van der Waals surface area contributed by atoms with Crippen molar-refractivity contribution >= 4 is 22.7 Å². The summed E-state index contributed by atoms with van der Waals surface area (Å²) in [7, 11) is 0. The fourth-order valence-corrected chi connectivity index (χ4v) is 4.89. The quantitative estimate of drug-likeness (QED) is 0.659. The number of nitrogens with zero attached hydrogens (tertiary/aromatic N) is 3. The van der Waals surface area contributed by atoms with Gasteiger partial charge in [0, 0.05) is 49.6 Å². The summed E-state index contributed by atoms with van der Waals surface area (Å²) in [5, 5.41) is 11.1. The van der Waals surface area contributed by atoms with Crippen molar-refractivity contribution in [2.24, 2.45) is 5.92 Å². The normalized spacial score (nSPS) is 20.4. The first-order chi connectivity index (χ1) is 15.6. The van der Waals surface area contributed by atoms with Gasteiger partial charge in [0.2, 0.25) is 0 Å². The van der Waals surface area contributed by atoms with E-state index in [2.05, 4.69) is 20.5 Å².